The topological polar surface area (TPSA) is 75.3 Å². The molecule has 146 valence electrons. The summed E-state index contributed by atoms with van der Waals surface area (Å²) in [6, 6.07) is 14.5. The lowest BCUT2D eigenvalue weighted by atomic mass is 9.87. The molecule has 0 aliphatic heterocycles. The average Bonchev–Trinajstić information content (AvgIpc) is 2.59. The zero-order chi connectivity index (χ0) is 20.2. The van der Waals surface area contributed by atoms with Crippen LogP contribution < -0.4 is 10.0 Å². The van der Waals surface area contributed by atoms with Crippen molar-refractivity contribution in [3.05, 3.63) is 65.7 Å². The molecule has 1 atom stereocenters. The first-order valence-electron chi connectivity index (χ1n) is 8.99. The number of sulfonamides is 1. The van der Waals surface area contributed by atoms with Gasteiger partial charge in [0, 0.05) is 6.04 Å². The maximum Gasteiger partial charge on any atom is 0.242 e. The molecule has 1 amide bonds. The van der Waals surface area contributed by atoms with Crippen LogP contribution in [0.25, 0.3) is 0 Å². The molecular formula is C21H28N2O3S. The summed E-state index contributed by atoms with van der Waals surface area (Å²) >= 11 is 0. The van der Waals surface area contributed by atoms with Gasteiger partial charge in [0.05, 0.1) is 4.90 Å². The number of benzene rings is 2. The summed E-state index contributed by atoms with van der Waals surface area (Å²) in [5.74, 6) is -0.383. The smallest absolute Gasteiger partial charge is 0.242 e. The molecule has 6 heteroatoms. The Morgan fingerprint density at radius 2 is 1.48 bits per heavy atom. The highest BCUT2D eigenvalue weighted by Crippen LogP contribution is 2.24. The van der Waals surface area contributed by atoms with Gasteiger partial charge >= 0.3 is 0 Å². The lowest BCUT2D eigenvalue weighted by Crippen LogP contribution is -2.42. The molecular weight excluding hydrogens is 360 g/mol. The Morgan fingerprint density at radius 1 is 0.926 bits per heavy atom. The van der Waals surface area contributed by atoms with Crippen LogP contribution in [0.15, 0.2) is 59.5 Å². The molecule has 27 heavy (non-hydrogen) atoms. The largest absolute Gasteiger partial charge is 0.352 e. The van der Waals surface area contributed by atoms with Crippen LogP contribution in [0.1, 0.15) is 51.8 Å². The van der Waals surface area contributed by atoms with E-state index in [0.29, 0.717) is 5.56 Å². The molecule has 0 heterocycles. The highest BCUT2D eigenvalue weighted by atomic mass is 32.2. The Hall–Kier alpha value is -2.18. The highest BCUT2D eigenvalue weighted by molar-refractivity contribution is 7.89. The van der Waals surface area contributed by atoms with Gasteiger partial charge in [-0.25, -0.2) is 8.42 Å². The van der Waals surface area contributed by atoms with E-state index in [1.165, 1.54) is 0 Å². The van der Waals surface area contributed by atoms with Crippen LogP contribution in [0, 0.1) is 0 Å². The normalized spacial score (nSPS) is 13.4. The summed E-state index contributed by atoms with van der Waals surface area (Å²) in [5.41, 5.74) is 1.56. The number of hydrogen-bond acceptors (Lipinski definition) is 3. The van der Waals surface area contributed by atoms with Gasteiger partial charge in [-0.05, 0) is 42.5 Å². The van der Waals surface area contributed by atoms with Crippen molar-refractivity contribution < 1.29 is 13.2 Å². The predicted octanol–water partition coefficient (Wildman–Crippen LogP) is 3.53. The molecule has 0 unspecified atom stereocenters. The summed E-state index contributed by atoms with van der Waals surface area (Å²) in [7, 11) is -3.86. The monoisotopic (exact) mass is 388 g/mol. The van der Waals surface area contributed by atoms with E-state index in [1.54, 1.807) is 48.5 Å². The Balaban J connectivity index is 2.34. The molecule has 2 aromatic carbocycles. The van der Waals surface area contributed by atoms with Crippen molar-refractivity contribution in [2.45, 2.75) is 57.0 Å². The molecule has 0 bridgehead atoms. The minimum Gasteiger partial charge on any atom is -0.352 e. The van der Waals surface area contributed by atoms with Crippen molar-refractivity contribution in [1.82, 2.24) is 10.0 Å². The van der Waals surface area contributed by atoms with E-state index in [1.807, 2.05) is 19.9 Å². The minimum absolute atomic E-state index is 0.0700. The van der Waals surface area contributed by atoms with Crippen LogP contribution in [-0.4, -0.2) is 20.4 Å². The SMILES string of the molecule is CC(C)NC(=O)[C@@H](NS(=O)(=O)c1ccc(C(C)(C)C)cc1)c1ccccc1. The van der Waals surface area contributed by atoms with Crippen molar-refractivity contribution in [1.29, 1.82) is 0 Å². The quantitative estimate of drug-likeness (QED) is 0.795. The van der Waals surface area contributed by atoms with E-state index in [2.05, 4.69) is 30.8 Å². The van der Waals surface area contributed by atoms with Crippen LogP contribution >= 0.6 is 0 Å². The van der Waals surface area contributed by atoms with Crippen molar-refractivity contribution >= 4 is 15.9 Å². The van der Waals surface area contributed by atoms with Gasteiger partial charge in [0.2, 0.25) is 15.9 Å². The minimum atomic E-state index is -3.86. The number of carbonyl (C=O) groups excluding carboxylic acids is 1. The highest BCUT2D eigenvalue weighted by Gasteiger charge is 2.27. The third kappa shape index (κ3) is 5.65. The number of carbonyl (C=O) groups is 1. The first-order valence-corrected chi connectivity index (χ1v) is 10.5. The maximum absolute atomic E-state index is 12.9. The molecule has 5 nitrogen and oxygen atoms in total. The lowest BCUT2D eigenvalue weighted by molar-refractivity contribution is -0.123. The Bertz CT molecular complexity index is 868. The van der Waals surface area contributed by atoms with E-state index in [-0.39, 0.29) is 22.3 Å². The number of hydrogen-bond donors (Lipinski definition) is 2. The summed E-state index contributed by atoms with van der Waals surface area (Å²) in [4.78, 5) is 12.7. The van der Waals surface area contributed by atoms with E-state index >= 15 is 0 Å². The molecule has 2 N–H and O–H groups in total. The van der Waals surface area contributed by atoms with Crippen molar-refractivity contribution in [2.24, 2.45) is 0 Å². The van der Waals surface area contributed by atoms with Crippen molar-refractivity contribution in [2.75, 3.05) is 0 Å². The second kappa shape index (κ2) is 8.23. The summed E-state index contributed by atoms with van der Waals surface area (Å²) < 4.78 is 28.3. The van der Waals surface area contributed by atoms with Gasteiger partial charge < -0.3 is 5.32 Å². The number of rotatable bonds is 6. The van der Waals surface area contributed by atoms with Gasteiger partial charge in [-0.3, -0.25) is 4.79 Å². The zero-order valence-electron chi connectivity index (χ0n) is 16.5. The standard InChI is InChI=1S/C21H28N2O3S/c1-15(2)22-20(24)19(16-9-7-6-8-10-16)23-27(25,26)18-13-11-17(12-14-18)21(3,4)5/h6-15,19,23H,1-5H3,(H,22,24)/t19-/m0/s1. The molecule has 0 aliphatic rings. The van der Waals surface area contributed by atoms with Gasteiger partial charge in [0.25, 0.3) is 0 Å². The Kier molecular flexibility index (Phi) is 6.44. The van der Waals surface area contributed by atoms with E-state index in [9.17, 15) is 13.2 Å². The molecule has 0 spiro atoms. The van der Waals surface area contributed by atoms with Gasteiger partial charge in [0.15, 0.2) is 0 Å². The molecule has 0 saturated carbocycles. The summed E-state index contributed by atoms with van der Waals surface area (Å²) in [5, 5.41) is 2.78. The van der Waals surface area contributed by atoms with Gasteiger partial charge in [-0.2, -0.15) is 4.72 Å². The van der Waals surface area contributed by atoms with Crippen LogP contribution in [0.2, 0.25) is 0 Å². The fourth-order valence-corrected chi connectivity index (χ4v) is 3.83. The molecule has 0 saturated heterocycles. The van der Waals surface area contributed by atoms with Gasteiger partial charge in [-0.1, -0.05) is 63.2 Å². The summed E-state index contributed by atoms with van der Waals surface area (Å²) in [6.07, 6.45) is 0. The van der Waals surface area contributed by atoms with Crippen molar-refractivity contribution in [3.63, 3.8) is 0 Å². The van der Waals surface area contributed by atoms with Gasteiger partial charge in [0.1, 0.15) is 6.04 Å². The van der Waals surface area contributed by atoms with Crippen LogP contribution in [-0.2, 0) is 20.2 Å². The first kappa shape index (κ1) is 21.1. The van der Waals surface area contributed by atoms with E-state index in [0.717, 1.165) is 5.56 Å². The fourth-order valence-electron chi connectivity index (χ4n) is 2.64. The van der Waals surface area contributed by atoms with E-state index < -0.39 is 16.1 Å². The molecule has 0 fully saturated rings. The first-order chi connectivity index (χ1) is 12.5. The van der Waals surface area contributed by atoms with Crippen LogP contribution in [0.3, 0.4) is 0 Å². The maximum atomic E-state index is 12.9. The van der Waals surface area contributed by atoms with Crippen molar-refractivity contribution in [3.8, 4) is 0 Å². The second-order valence-corrected chi connectivity index (χ2v) is 9.62. The lowest BCUT2D eigenvalue weighted by Gasteiger charge is -2.21. The third-order valence-electron chi connectivity index (χ3n) is 4.13. The Labute approximate surface area is 162 Å². The second-order valence-electron chi connectivity index (χ2n) is 7.90. The fraction of sp³-hybridized carbons (Fsp3) is 0.381. The summed E-state index contributed by atoms with van der Waals surface area (Å²) in [6.45, 7) is 9.86. The zero-order valence-corrected chi connectivity index (χ0v) is 17.3. The predicted molar refractivity (Wildman–Crippen MR) is 108 cm³/mol. The van der Waals surface area contributed by atoms with E-state index in [4.69, 9.17) is 0 Å². The molecule has 0 aromatic heterocycles. The van der Waals surface area contributed by atoms with Crippen LogP contribution in [0.5, 0.6) is 0 Å². The molecule has 2 rings (SSSR count). The number of nitrogens with one attached hydrogen (secondary N) is 2. The molecule has 0 radical (unpaired) electrons. The number of amides is 1. The molecule has 2 aromatic rings. The average molecular weight is 389 g/mol. The van der Waals surface area contributed by atoms with Gasteiger partial charge in [-0.15, -0.1) is 0 Å². The third-order valence-corrected chi connectivity index (χ3v) is 5.57. The Morgan fingerprint density at radius 3 is 1.96 bits per heavy atom. The van der Waals surface area contributed by atoms with Crippen LogP contribution in [0.4, 0.5) is 0 Å². The molecule has 0 aliphatic carbocycles.